The normalized spacial score (nSPS) is 12.5. The van der Waals surface area contributed by atoms with Crippen molar-refractivity contribution in [3.8, 4) is 0 Å². The quantitative estimate of drug-likeness (QED) is 0.742. The Morgan fingerprint density at radius 1 is 1.69 bits per heavy atom. The highest BCUT2D eigenvalue weighted by molar-refractivity contribution is 7.82. The summed E-state index contributed by atoms with van der Waals surface area (Å²) in [6.45, 7) is 3.12. The molecule has 0 radical (unpaired) electrons. The SMILES string of the molecule is CC(=O)Nc1cc(C)c(S(=O)O)s1. The van der Waals surface area contributed by atoms with Crippen molar-refractivity contribution in [2.45, 2.75) is 18.1 Å². The van der Waals surface area contributed by atoms with Gasteiger partial charge in [-0.1, -0.05) is 0 Å². The average molecular weight is 219 g/mol. The lowest BCUT2D eigenvalue weighted by molar-refractivity contribution is -0.114. The molecular formula is C7H9NO3S2. The van der Waals surface area contributed by atoms with E-state index in [1.165, 1.54) is 6.92 Å². The van der Waals surface area contributed by atoms with E-state index in [1.54, 1.807) is 13.0 Å². The molecule has 0 spiro atoms. The molecule has 1 amide bonds. The minimum atomic E-state index is -1.97. The Labute approximate surface area is 82.3 Å². The summed E-state index contributed by atoms with van der Waals surface area (Å²) >= 11 is -0.853. The van der Waals surface area contributed by atoms with E-state index in [9.17, 15) is 9.00 Å². The Balaban J connectivity index is 2.95. The molecule has 72 valence electrons. The van der Waals surface area contributed by atoms with Crippen LogP contribution in [-0.4, -0.2) is 14.7 Å². The first-order valence-electron chi connectivity index (χ1n) is 3.49. The number of aryl methyl sites for hydroxylation is 1. The second kappa shape index (κ2) is 3.99. The van der Waals surface area contributed by atoms with Crippen LogP contribution in [0.5, 0.6) is 0 Å². The standard InChI is InChI=1S/C7H9NO3S2/c1-4-3-6(8-5(2)9)12-7(4)13(10)11/h3H,1-2H3,(H,8,9)(H,10,11). The maximum Gasteiger partial charge on any atom is 0.221 e. The van der Waals surface area contributed by atoms with Crippen LogP contribution in [0.4, 0.5) is 5.00 Å². The summed E-state index contributed by atoms with van der Waals surface area (Å²) in [7, 11) is 0. The summed E-state index contributed by atoms with van der Waals surface area (Å²) < 4.78 is 19.9. The number of amides is 1. The predicted octanol–water partition coefficient (Wildman–Crippen LogP) is 1.60. The zero-order chi connectivity index (χ0) is 10.0. The lowest BCUT2D eigenvalue weighted by Crippen LogP contribution is -2.03. The van der Waals surface area contributed by atoms with Crippen LogP contribution in [0, 0.1) is 6.92 Å². The number of thiophene rings is 1. The third-order valence-electron chi connectivity index (χ3n) is 1.33. The summed E-state index contributed by atoms with van der Waals surface area (Å²) in [4.78, 5) is 10.7. The molecule has 1 unspecified atom stereocenters. The van der Waals surface area contributed by atoms with E-state index in [1.807, 2.05) is 0 Å². The molecule has 0 saturated carbocycles. The van der Waals surface area contributed by atoms with Gasteiger partial charge in [-0.2, -0.15) is 0 Å². The monoisotopic (exact) mass is 219 g/mol. The van der Waals surface area contributed by atoms with Gasteiger partial charge in [0, 0.05) is 6.92 Å². The molecule has 0 aliphatic rings. The van der Waals surface area contributed by atoms with Crippen molar-refractivity contribution in [3.63, 3.8) is 0 Å². The van der Waals surface area contributed by atoms with Gasteiger partial charge >= 0.3 is 0 Å². The van der Waals surface area contributed by atoms with Gasteiger partial charge in [0.25, 0.3) is 0 Å². The fraction of sp³-hybridized carbons (Fsp3) is 0.286. The molecule has 0 fully saturated rings. The Kier molecular flexibility index (Phi) is 3.18. The maximum atomic E-state index is 10.7. The third kappa shape index (κ3) is 2.61. The molecule has 1 aromatic rings. The Morgan fingerprint density at radius 3 is 2.69 bits per heavy atom. The summed E-state index contributed by atoms with van der Waals surface area (Å²) in [6, 6.07) is 1.68. The highest BCUT2D eigenvalue weighted by atomic mass is 32.2. The van der Waals surface area contributed by atoms with Crippen LogP contribution in [-0.2, 0) is 15.9 Å². The van der Waals surface area contributed by atoms with Crippen molar-refractivity contribution in [2.24, 2.45) is 0 Å². The van der Waals surface area contributed by atoms with Gasteiger partial charge in [0.15, 0.2) is 11.1 Å². The first-order chi connectivity index (χ1) is 6.00. The maximum absolute atomic E-state index is 10.7. The van der Waals surface area contributed by atoms with Crippen molar-refractivity contribution < 1.29 is 13.6 Å². The second-order valence-corrected chi connectivity index (χ2v) is 4.73. The summed E-state index contributed by atoms with van der Waals surface area (Å²) in [5.74, 6) is -0.184. The first-order valence-corrected chi connectivity index (χ1v) is 5.42. The molecule has 1 heterocycles. The zero-order valence-electron chi connectivity index (χ0n) is 7.16. The summed E-state index contributed by atoms with van der Waals surface area (Å²) in [5, 5.41) is 3.15. The van der Waals surface area contributed by atoms with Gasteiger partial charge in [0.05, 0.1) is 5.00 Å². The van der Waals surface area contributed by atoms with Crippen molar-refractivity contribution >= 4 is 33.3 Å². The van der Waals surface area contributed by atoms with Gasteiger partial charge in [-0.15, -0.1) is 11.3 Å². The molecule has 0 aliphatic carbocycles. The number of carbonyl (C=O) groups excluding carboxylic acids is 1. The van der Waals surface area contributed by atoms with Crippen LogP contribution in [0.3, 0.4) is 0 Å². The zero-order valence-corrected chi connectivity index (χ0v) is 8.79. The van der Waals surface area contributed by atoms with Crippen LogP contribution in [0.1, 0.15) is 12.5 Å². The number of carbonyl (C=O) groups is 1. The lowest BCUT2D eigenvalue weighted by atomic mass is 10.4. The predicted molar refractivity (Wildman–Crippen MR) is 52.4 cm³/mol. The Morgan fingerprint density at radius 2 is 2.31 bits per heavy atom. The van der Waals surface area contributed by atoms with E-state index in [2.05, 4.69) is 5.32 Å². The van der Waals surface area contributed by atoms with Gasteiger partial charge in [-0.05, 0) is 18.6 Å². The van der Waals surface area contributed by atoms with Crippen LogP contribution in [0.15, 0.2) is 10.3 Å². The Hall–Kier alpha value is -0.720. The molecule has 0 bridgehead atoms. The van der Waals surface area contributed by atoms with Gasteiger partial charge in [0.1, 0.15) is 4.21 Å². The van der Waals surface area contributed by atoms with Crippen molar-refractivity contribution in [1.82, 2.24) is 0 Å². The number of anilines is 1. The van der Waals surface area contributed by atoms with E-state index in [0.717, 1.165) is 16.9 Å². The van der Waals surface area contributed by atoms with Crippen LogP contribution >= 0.6 is 11.3 Å². The molecule has 6 heteroatoms. The number of hydrogen-bond acceptors (Lipinski definition) is 3. The van der Waals surface area contributed by atoms with Crippen molar-refractivity contribution in [1.29, 1.82) is 0 Å². The van der Waals surface area contributed by atoms with E-state index in [-0.39, 0.29) is 5.91 Å². The molecule has 1 atom stereocenters. The molecule has 13 heavy (non-hydrogen) atoms. The van der Waals surface area contributed by atoms with E-state index in [0.29, 0.717) is 9.21 Å². The van der Waals surface area contributed by atoms with E-state index >= 15 is 0 Å². The second-order valence-electron chi connectivity index (χ2n) is 2.51. The summed E-state index contributed by atoms with van der Waals surface area (Å²) in [6.07, 6.45) is 0. The number of nitrogens with one attached hydrogen (secondary N) is 1. The van der Waals surface area contributed by atoms with E-state index < -0.39 is 11.1 Å². The number of hydrogen-bond donors (Lipinski definition) is 2. The van der Waals surface area contributed by atoms with Crippen molar-refractivity contribution in [3.05, 3.63) is 11.6 Å². The summed E-state index contributed by atoms with van der Waals surface area (Å²) in [5.41, 5.74) is 0.717. The van der Waals surface area contributed by atoms with Gasteiger partial charge in [0.2, 0.25) is 5.91 Å². The smallest absolute Gasteiger partial charge is 0.221 e. The molecule has 2 N–H and O–H groups in total. The van der Waals surface area contributed by atoms with Gasteiger partial charge < -0.3 is 9.87 Å². The highest BCUT2D eigenvalue weighted by Gasteiger charge is 2.10. The Bertz CT molecular complexity index is 359. The minimum absolute atomic E-state index is 0.184. The largest absolute Gasteiger partial charge is 0.318 e. The van der Waals surface area contributed by atoms with Crippen LogP contribution in [0.25, 0.3) is 0 Å². The highest BCUT2D eigenvalue weighted by Crippen LogP contribution is 2.28. The number of rotatable bonds is 2. The average Bonchev–Trinajstić information content (AvgIpc) is 2.29. The molecular weight excluding hydrogens is 210 g/mol. The fourth-order valence-corrected chi connectivity index (χ4v) is 2.61. The van der Waals surface area contributed by atoms with Crippen molar-refractivity contribution in [2.75, 3.05) is 5.32 Å². The first kappa shape index (κ1) is 10.4. The molecule has 4 nitrogen and oxygen atoms in total. The van der Waals surface area contributed by atoms with Crippen LogP contribution < -0.4 is 5.32 Å². The molecule has 1 rings (SSSR count). The fourth-order valence-electron chi connectivity index (χ4n) is 0.874. The minimum Gasteiger partial charge on any atom is -0.318 e. The third-order valence-corrected chi connectivity index (χ3v) is 3.59. The van der Waals surface area contributed by atoms with Crippen LogP contribution in [0.2, 0.25) is 0 Å². The molecule has 1 aromatic heterocycles. The van der Waals surface area contributed by atoms with E-state index in [4.69, 9.17) is 4.55 Å². The molecule has 0 saturated heterocycles. The van der Waals surface area contributed by atoms with Gasteiger partial charge in [-0.3, -0.25) is 4.79 Å². The topological polar surface area (TPSA) is 66.4 Å². The molecule has 0 aromatic carbocycles. The molecule has 0 aliphatic heterocycles. The lowest BCUT2D eigenvalue weighted by Gasteiger charge is -1.93. The van der Waals surface area contributed by atoms with Gasteiger partial charge in [-0.25, -0.2) is 4.21 Å².